The zero-order valence-corrected chi connectivity index (χ0v) is 12.5. The van der Waals surface area contributed by atoms with Gasteiger partial charge in [-0.3, -0.25) is 0 Å². The zero-order chi connectivity index (χ0) is 13.8. The Hall–Kier alpha value is -0.470. The zero-order valence-electron chi connectivity index (χ0n) is 10.9. The molecule has 0 aliphatic carbocycles. The van der Waals surface area contributed by atoms with E-state index >= 15 is 0 Å². The normalized spacial score (nSPS) is 13.8. The van der Waals surface area contributed by atoms with Crippen LogP contribution in [-0.2, 0) is 21.3 Å². The molecular formula is C11H20N2O3S2. The number of methoxy groups -OCH3 is 1. The third-order valence-electron chi connectivity index (χ3n) is 2.63. The van der Waals surface area contributed by atoms with E-state index in [0.29, 0.717) is 23.8 Å². The van der Waals surface area contributed by atoms with Crippen LogP contribution in [0, 0.1) is 6.92 Å². The van der Waals surface area contributed by atoms with Crippen LogP contribution in [0.5, 0.6) is 0 Å². The largest absolute Gasteiger partial charge is 0.383 e. The predicted octanol–water partition coefficient (Wildman–Crippen LogP) is 1.22. The van der Waals surface area contributed by atoms with Gasteiger partial charge in [-0.05, 0) is 25.0 Å². The van der Waals surface area contributed by atoms with Gasteiger partial charge in [0.25, 0.3) is 0 Å². The van der Waals surface area contributed by atoms with Crippen LogP contribution in [0.2, 0.25) is 0 Å². The van der Waals surface area contributed by atoms with Gasteiger partial charge in [0.05, 0.1) is 6.61 Å². The monoisotopic (exact) mass is 292 g/mol. The van der Waals surface area contributed by atoms with Crippen molar-refractivity contribution in [1.82, 2.24) is 4.72 Å². The molecule has 1 heterocycles. The average molecular weight is 292 g/mol. The van der Waals surface area contributed by atoms with Gasteiger partial charge in [-0.1, -0.05) is 6.92 Å². The Morgan fingerprint density at radius 1 is 1.56 bits per heavy atom. The number of ether oxygens (including phenoxy) is 1. The number of hydrogen-bond acceptors (Lipinski definition) is 5. The Balaban J connectivity index is 2.91. The summed E-state index contributed by atoms with van der Waals surface area (Å²) in [5.41, 5.74) is 6.48. The summed E-state index contributed by atoms with van der Waals surface area (Å²) < 4.78 is 32.3. The minimum Gasteiger partial charge on any atom is -0.383 e. The molecule has 1 aromatic heterocycles. The molecule has 7 heteroatoms. The smallest absolute Gasteiger partial charge is 0.250 e. The van der Waals surface area contributed by atoms with Gasteiger partial charge in [0.15, 0.2) is 0 Å². The molecule has 1 aromatic rings. The van der Waals surface area contributed by atoms with Crippen molar-refractivity contribution in [3.8, 4) is 0 Å². The van der Waals surface area contributed by atoms with Crippen LogP contribution in [-0.4, -0.2) is 28.2 Å². The summed E-state index contributed by atoms with van der Waals surface area (Å²) >= 11 is 1.22. The third-order valence-corrected chi connectivity index (χ3v) is 5.88. The van der Waals surface area contributed by atoms with Crippen LogP contribution in [0.3, 0.4) is 0 Å². The molecule has 0 radical (unpaired) electrons. The Morgan fingerprint density at radius 2 is 2.22 bits per heavy atom. The molecule has 0 saturated carbocycles. The molecule has 0 fully saturated rings. The average Bonchev–Trinajstić information content (AvgIpc) is 2.70. The van der Waals surface area contributed by atoms with E-state index in [1.165, 1.54) is 11.3 Å². The second-order valence-electron chi connectivity index (χ2n) is 4.06. The second kappa shape index (κ2) is 6.63. The van der Waals surface area contributed by atoms with Crippen LogP contribution >= 0.6 is 11.3 Å². The lowest BCUT2D eigenvalue weighted by Gasteiger charge is -2.15. The molecule has 18 heavy (non-hydrogen) atoms. The van der Waals surface area contributed by atoms with Gasteiger partial charge < -0.3 is 10.5 Å². The lowest BCUT2D eigenvalue weighted by Crippen LogP contribution is -2.37. The van der Waals surface area contributed by atoms with Crippen molar-refractivity contribution in [1.29, 1.82) is 0 Å². The van der Waals surface area contributed by atoms with Crippen molar-refractivity contribution in [2.24, 2.45) is 5.73 Å². The van der Waals surface area contributed by atoms with Crippen LogP contribution in [0.15, 0.2) is 10.3 Å². The minimum absolute atomic E-state index is 0.205. The van der Waals surface area contributed by atoms with Crippen molar-refractivity contribution in [2.75, 3.05) is 13.7 Å². The first-order valence-corrected chi connectivity index (χ1v) is 8.05. The number of hydrogen-bond donors (Lipinski definition) is 2. The van der Waals surface area contributed by atoms with Crippen molar-refractivity contribution < 1.29 is 13.2 Å². The fourth-order valence-corrected chi connectivity index (χ4v) is 4.33. The van der Waals surface area contributed by atoms with Crippen molar-refractivity contribution >= 4 is 21.4 Å². The Labute approximate surface area is 112 Å². The maximum atomic E-state index is 12.2. The summed E-state index contributed by atoms with van der Waals surface area (Å²) in [6.45, 7) is 4.51. The van der Waals surface area contributed by atoms with Crippen molar-refractivity contribution in [3.63, 3.8) is 0 Å². The van der Waals surface area contributed by atoms with Crippen LogP contribution in [0.25, 0.3) is 0 Å². The quantitative estimate of drug-likeness (QED) is 0.791. The molecule has 0 bridgehead atoms. The highest BCUT2D eigenvalue weighted by atomic mass is 32.2. The van der Waals surface area contributed by atoms with E-state index in [0.717, 1.165) is 10.4 Å². The molecule has 1 atom stereocenters. The van der Waals surface area contributed by atoms with E-state index in [1.54, 1.807) is 13.2 Å². The first kappa shape index (κ1) is 15.6. The van der Waals surface area contributed by atoms with Crippen molar-refractivity contribution in [2.45, 2.75) is 37.1 Å². The highest BCUT2D eigenvalue weighted by Crippen LogP contribution is 2.25. The summed E-state index contributed by atoms with van der Waals surface area (Å²) in [7, 11) is -1.92. The summed E-state index contributed by atoms with van der Waals surface area (Å²) in [5, 5.41) is 0. The molecule has 1 unspecified atom stereocenters. The summed E-state index contributed by atoms with van der Waals surface area (Å²) in [4.78, 5) is 0.898. The number of sulfonamides is 1. The lowest BCUT2D eigenvalue weighted by atomic mass is 10.3. The Bertz CT molecular complexity index is 482. The SMILES string of the molecule is CCC(COC)NS(=O)(=O)c1cc(C)c(CN)s1. The fourth-order valence-electron chi connectivity index (χ4n) is 1.54. The maximum absolute atomic E-state index is 12.2. The molecule has 3 N–H and O–H groups in total. The minimum atomic E-state index is -3.47. The predicted molar refractivity (Wildman–Crippen MR) is 73.2 cm³/mol. The summed E-state index contributed by atoms with van der Waals surface area (Å²) in [6, 6.07) is 1.46. The number of aryl methyl sites for hydroxylation is 1. The standard InChI is InChI=1S/C11H20N2O3S2/c1-4-9(7-16-3)13-18(14,15)11-5-8(2)10(6-12)17-11/h5,9,13H,4,6-7,12H2,1-3H3. The van der Waals surface area contributed by atoms with Gasteiger partial charge in [-0.15, -0.1) is 11.3 Å². The molecule has 104 valence electrons. The summed E-state index contributed by atoms with van der Waals surface area (Å²) in [6.07, 6.45) is 0.682. The van der Waals surface area contributed by atoms with Crippen LogP contribution in [0.4, 0.5) is 0 Å². The molecular weight excluding hydrogens is 272 g/mol. The Morgan fingerprint density at radius 3 is 2.67 bits per heavy atom. The van der Waals surface area contributed by atoms with Crippen LogP contribution < -0.4 is 10.5 Å². The number of nitrogens with two attached hydrogens (primary N) is 1. The molecule has 0 spiro atoms. The first-order chi connectivity index (χ1) is 8.44. The highest BCUT2D eigenvalue weighted by molar-refractivity contribution is 7.91. The molecule has 0 aromatic carbocycles. The van der Waals surface area contributed by atoms with Gasteiger partial charge in [0.1, 0.15) is 4.21 Å². The molecule has 0 saturated heterocycles. The Kier molecular flexibility index (Phi) is 5.74. The number of thiophene rings is 1. The number of nitrogens with one attached hydrogen (secondary N) is 1. The highest BCUT2D eigenvalue weighted by Gasteiger charge is 2.21. The lowest BCUT2D eigenvalue weighted by molar-refractivity contribution is 0.173. The summed E-state index contributed by atoms with van der Waals surface area (Å²) in [5.74, 6) is 0. The fraction of sp³-hybridized carbons (Fsp3) is 0.636. The van der Waals surface area contributed by atoms with Gasteiger partial charge in [0, 0.05) is 24.6 Å². The molecule has 0 amide bonds. The third kappa shape index (κ3) is 3.76. The topological polar surface area (TPSA) is 81.4 Å². The van der Waals surface area contributed by atoms with E-state index in [1.807, 2.05) is 13.8 Å². The van der Waals surface area contributed by atoms with Gasteiger partial charge >= 0.3 is 0 Å². The van der Waals surface area contributed by atoms with Gasteiger partial charge in [0.2, 0.25) is 10.0 Å². The van der Waals surface area contributed by atoms with E-state index < -0.39 is 10.0 Å². The molecule has 1 rings (SSSR count). The van der Waals surface area contributed by atoms with E-state index in [4.69, 9.17) is 10.5 Å². The number of rotatable bonds is 7. The van der Waals surface area contributed by atoms with Crippen LogP contribution in [0.1, 0.15) is 23.8 Å². The molecule has 0 aliphatic rings. The van der Waals surface area contributed by atoms with Gasteiger partial charge in [-0.25, -0.2) is 13.1 Å². The molecule has 0 aliphatic heterocycles. The van der Waals surface area contributed by atoms with E-state index in [2.05, 4.69) is 4.72 Å². The molecule has 5 nitrogen and oxygen atoms in total. The van der Waals surface area contributed by atoms with Gasteiger partial charge in [-0.2, -0.15) is 0 Å². The second-order valence-corrected chi connectivity index (χ2v) is 7.14. The maximum Gasteiger partial charge on any atom is 0.250 e. The van der Waals surface area contributed by atoms with E-state index in [-0.39, 0.29) is 6.04 Å². The van der Waals surface area contributed by atoms with E-state index in [9.17, 15) is 8.42 Å². The first-order valence-electron chi connectivity index (χ1n) is 5.75. The van der Waals surface area contributed by atoms with Crippen molar-refractivity contribution in [3.05, 3.63) is 16.5 Å².